The normalized spacial score (nSPS) is 10.8. The highest BCUT2D eigenvalue weighted by atomic mass is 35.5. The van der Waals surface area contributed by atoms with E-state index in [1.165, 1.54) is 13.2 Å². The van der Waals surface area contributed by atoms with Gasteiger partial charge in [0, 0.05) is 33.3 Å². The molecule has 1 amide bonds. The van der Waals surface area contributed by atoms with E-state index in [-0.39, 0.29) is 5.91 Å². The van der Waals surface area contributed by atoms with Crippen LogP contribution in [-0.4, -0.2) is 24.0 Å². The van der Waals surface area contributed by atoms with E-state index in [1.54, 1.807) is 41.7 Å². The summed E-state index contributed by atoms with van der Waals surface area (Å²) in [4.78, 5) is 28.4. The van der Waals surface area contributed by atoms with Crippen LogP contribution in [0.4, 0.5) is 5.69 Å². The second-order valence-electron chi connectivity index (χ2n) is 7.06. The Morgan fingerprint density at radius 1 is 0.939 bits per heavy atom. The molecule has 3 aromatic carbocycles. The number of nitrogens with zero attached hydrogens (tertiary/aromatic N) is 1. The Bertz CT molecular complexity index is 1290. The molecule has 0 saturated carbocycles. The zero-order chi connectivity index (χ0) is 23.2. The highest BCUT2D eigenvalue weighted by molar-refractivity contribution is 7.13. The van der Waals surface area contributed by atoms with E-state index in [0.29, 0.717) is 16.3 Å². The van der Waals surface area contributed by atoms with E-state index >= 15 is 0 Å². The van der Waals surface area contributed by atoms with Crippen molar-refractivity contribution in [3.05, 3.63) is 100 Å². The van der Waals surface area contributed by atoms with Crippen LogP contribution in [0.3, 0.4) is 0 Å². The fraction of sp³-hybridized carbons (Fsp3) is 0.0385. The van der Waals surface area contributed by atoms with Crippen molar-refractivity contribution < 1.29 is 14.3 Å². The van der Waals surface area contributed by atoms with Gasteiger partial charge in [0.1, 0.15) is 5.01 Å². The number of thiazole rings is 1. The lowest BCUT2D eigenvalue weighted by Gasteiger charge is -2.04. The molecule has 0 bridgehead atoms. The molecule has 0 fully saturated rings. The summed E-state index contributed by atoms with van der Waals surface area (Å²) >= 11 is 7.52. The molecule has 0 unspecified atom stereocenters. The number of anilines is 1. The van der Waals surface area contributed by atoms with Gasteiger partial charge >= 0.3 is 5.97 Å². The fourth-order valence-corrected chi connectivity index (χ4v) is 4.02. The second-order valence-corrected chi connectivity index (χ2v) is 8.35. The maximum absolute atomic E-state index is 12.3. The molecule has 164 valence electrons. The van der Waals surface area contributed by atoms with Gasteiger partial charge < -0.3 is 10.1 Å². The Morgan fingerprint density at radius 3 is 2.27 bits per heavy atom. The molecule has 1 aromatic heterocycles. The van der Waals surface area contributed by atoms with Crippen molar-refractivity contribution in [3.63, 3.8) is 0 Å². The molecule has 0 radical (unpaired) electrons. The van der Waals surface area contributed by atoms with Crippen molar-refractivity contribution >= 4 is 46.6 Å². The zero-order valence-electron chi connectivity index (χ0n) is 17.6. The molecule has 33 heavy (non-hydrogen) atoms. The Morgan fingerprint density at radius 2 is 1.61 bits per heavy atom. The van der Waals surface area contributed by atoms with Crippen LogP contribution in [-0.2, 0) is 9.53 Å². The number of halogens is 1. The zero-order valence-corrected chi connectivity index (χ0v) is 19.2. The van der Waals surface area contributed by atoms with Crippen LogP contribution in [0.25, 0.3) is 27.9 Å². The monoisotopic (exact) mass is 474 g/mol. The van der Waals surface area contributed by atoms with Gasteiger partial charge in [0.25, 0.3) is 0 Å². The Labute approximate surface area is 200 Å². The average molecular weight is 475 g/mol. The largest absolute Gasteiger partial charge is 0.465 e. The van der Waals surface area contributed by atoms with E-state index in [1.807, 2.05) is 53.9 Å². The molecular formula is C26H19ClN2O3S. The number of carbonyl (C=O) groups is 2. The number of rotatable bonds is 6. The lowest BCUT2D eigenvalue weighted by Crippen LogP contribution is -2.07. The number of esters is 1. The summed E-state index contributed by atoms with van der Waals surface area (Å²) in [6, 6.07) is 21.9. The standard InChI is InChI=1S/C26H19ClN2O3S/c1-32-26(31)20-5-2-17(3-6-20)4-15-24(30)28-22-13-9-18(10-14-22)23-16-33-25(29-23)19-7-11-21(27)12-8-19/h2-16H,1H3,(H,28,30)/b15-4+. The summed E-state index contributed by atoms with van der Waals surface area (Å²) < 4.78 is 4.67. The molecule has 1 heterocycles. The van der Waals surface area contributed by atoms with E-state index in [0.717, 1.165) is 27.4 Å². The summed E-state index contributed by atoms with van der Waals surface area (Å²) in [6.07, 6.45) is 3.12. The summed E-state index contributed by atoms with van der Waals surface area (Å²) in [5, 5.41) is 6.46. The molecule has 0 spiro atoms. The maximum Gasteiger partial charge on any atom is 0.337 e. The van der Waals surface area contributed by atoms with Crippen molar-refractivity contribution in [2.24, 2.45) is 0 Å². The summed E-state index contributed by atoms with van der Waals surface area (Å²) in [5.41, 5.74) is 4.80. The second kappa shape index (κ2) is 10.3. The van der Waals surface area contributed by atoms with Crippen LogP contribution >= 0.6 is 22.9 Å². The van der Waals surface area contributed by atoms with Gasteiger partial charge in [0.05, 0.1) is 18.4 Å². The minimum absolute atomic E-state index is 0.251. The number of ether oxygens (including phenoxy) is 1. The number of hydrogen-bond donors (Lipinski definition) is 1. The van der Waals surface area contributed by atoms with E-state index < -0.39 is 5.97 Å². The van der Waals surface area contributed by atoms with Gasteiger partial charge in [-0.3, -0.25) is 4.79 Å². The third-order valence-electron chi connectivity index (χ3n) is 4.80. The first kappa shape index (κ1) is 22.5. The Hall–Kier alpha value is -3.74. The fourth-order valence-electron chi connectivity index (χ4n) is 3.06. The van der Waals surface area contributed by atoms with Gasteiger partial charge in [-0.25, -0.2) is 9.78 Å². The molecule has 0 atom stereocenters. The van der Waals surface area contributed by atoms with Crippen LogP contribution < -0.4 is 5.32 Å². The van der Waals surface area contributed by atoms with E-state index in [9.17, 15) is 9.59 Å². The van der Waals surface area contributed by atoms with Crippen LogP contribution in [0.1, 0.15) is 15.9 Å². The molecule has 0 saturated heterocycles. The molecule has 0 aliphatic heterocycles. The molecule has 0 aliphatic rings. The van der Waals surface area contributed by atoms with Crippen molar-refractivity contribution in [1.82, 2.24) is 4.98 Å². The SMILES string of the molecule is COC(=O)c1ccc(/C=C/C(=O)Nc2ccc(-c3csc(-c4ccc(Cl)cc4)n3)cc2)cc1. The number of methoxy groups -OCH3 is 1. The van der Waals surface area contributed by atoms with Crippen LogP contribution in [0.2, 0.25) is 5.02 Å². The van der Waals surface area contributed by atoms with E-state index in [2.05, 4.69) is 10.1 Å². The first-order valence-electron chi connectivity index (χ1n) is 10.0. The van der Waals surface area contributed by atoms with Crippen LogP contribution in [0, 0.1) is 0 Å². The van der Waals surface area contributed by atoms with Crippen molar-refractivity contribution in [2.45, 2.75) is 0 Å². The highest BCUT2D eigenvalue weighted by Gasteiger charge is 2.08. The van der Waals surface area contributed by atoms with Gasteiger partial charge in [-0.05, 0) is 48.0 Å². The quantitative estimate of drug-likeness (QED) is 0.253. The van der Waals surface area contributed by atoms with Gasteiger partial charge in [-0.2, -0.15) is 0 Å². The average Bonchev–Trinajstić information content (AvgIpc) is 3.34. The number of nitrogens with one attached hydrogen (secondary N) is 1. The first-order valence-corrected chi connectivity index (χ1v) is 11.3. The van der Waals surface area contributed by atoms with E-state index in [4.69, 9.17) is 16.6 Å². The molecule has 0 aliphatic carbocycles. The number of hydrogen-bond acceptors (Lipinski definition) is 5. The van der Waals surface area contributed by atoms with Crippen molar-refractivity contribution in [3.8, 4) is 21.8 Å². The maximum atomic E-state index is 12.3. The number of carbonyl (C=O) groups excluding carboxylic acids is 2. The third kappa shape index (κ3) is 5.74. The Balaban J connectivity index is 1.37. The van der Waals surface area contributed by atoms with Gasteiger partial charge in [0.15, 0.2) is 0 Å². The lowest BCUT2D eigenvalue weighted by atomic mass is 10.1. The van der Waals surface area contributed by atoms with Gasteiger partial charge in [-0.1, -0.05) is 48.0 Å². The predicted molar refractivity (Wildman–Crippen MR) is 133 cm³/mol. The van der Waals surface area contributed by atoms with Crippen LogP contribution in [0.15, 0.2) is 84.3 Å². The predicted octanol–water partition coefficient (Wildman–Crippen LogP) is 6.57. The minimum Gasteiger partial charge on any atom is -0.465 e. The van der Waals surface area contributed by atoms with Crippen molar-refractivity contribution in [2.75, 3.05) is 12.4 Å². The van der Waals surface area contributed by atoms with Crippen molar-refractivity contribution in [1.29, 1.82) is 0 Å². The molecule has 5 nitrogen and oxygen atoms in total. The van der Waals surface area contributed by atoms with Gasteiger partial charge in [-0.15, -0.1) is 11.3 Å². The topological polar surface area (TPSA) is 68.3 Å². The lowest BCUT2D eigenvalue weighted by molar-refractivity contribution is -0.111. The van der Waals surface area contributed by atoms with Gasteiger partial charge in [0.2, 0.25) is 5.91 Å². The smallest absolute Gasteiger partial charge is 0.337 e. The number of aromatic nitrogens is 1. The molecule has 4 aromatic rings. The first-order chi connectivity index (χ1) is 16.0. The Kier molecular flexibility index (Phi) is 6.98. The summed E-state index contributed by atoms with van der Waals surface area (Å²) in [5.74, 6) is -0.649. The summed E-state index contributed by atoms with van der Waals surface area (Å²) in [7, 11) is 1.34. The summed E-state index contributed by atoms with van der Waals surface area (Å²) in [6.45, 7) is 0. The highest BCUT2D eigenvalue weighted by Crippen LogP contribution is 2.30. The molecular weight excluding hydrogens is 456 g/mol. The van der Waals surface area contributed by atoms with Crippen LogP contribution in [0.5, 0.6) is 0 Å². The number of benzene rings is 3. The molecule has 4 rings (SSSR count). The molecule has 7 heteroatoms. The number of amides is 1. The minimum atomic E-state index is -0.398. The molecule has 1 N–H and O–H groups in total. The third-order valence-corrected chi connectivity index (χ3v) is 5.95.